The van der Waals surface area contributed by atoms with Crippen molar-refractivity contribution in [2.24, 2.45) is 0 Å². The lowest BCUT2D eigenvalue weighted by Crippen LogP contribution is -2.44. The molecule has 0 bridgehead atoms. The number of hydrogen-bond donors (Lipinski definition) is 0. The summed E-state index contributed by atoms with van der Waals surface area (Å²) < 4.78 is 14.9. The molecule has 0 amide bonds. The molecule has 1 saturated heterocycles. The van der Waals surface area contributed by atoms with E-state index in [0.29, 0.717) is 5.92 Å². The molecular formula is C23H37N3O2Si. The Morgan fingerprint density at radius 2 is 1.79 bits per heavy atom. The quantitative estimate of drug-likeness (QED) is 0.536. The molecule has 1 saturated carbocycles. The Bertz CT molecular complexity index is 872. The first-order chi connectivity index (χ1) is 13.7. The number of hydrogen-bond acceptors (Lipinski definition) is 4. The fraction of sp³-hybridized carbons (Fsp3) is 0.739. The molecule has 160 valence electrons. The molecule has 1 aliphatic heterocycles. The van der Waals surface area contributed by atoms with Gasteiger partial charge in [0.25, 0.3) is 8.32 Å². The highest BCUT2D eigenvalue weighted by Crippen LogP contribution is 2.46. The van der Waals surface area contributed by atoms with Crippen LogP contribution in [0.15, 0.2) is 6.20 Å². The number of fused-ring (bicyclic) bond motifs is 1. The number of pyridine rings is 1. The van der Waals surface area contributed by atoms with Crippen molar-refractivity contribution in [1.29, 1.82) is 0 Å². The van der Waals surface area contributed by atoms with Crippen molar-refractivity contribution in [3.8, 4) is 5.75 Å². The van der Waals surface area contributed by atoms with Gasteiger partial charge in [0.15, 0.2) is 11.9 Å². The second-order valence-corrected chi connectivity index (χ2v) is 15.2. The highest BCUT2D eigenvalue weighted by molar-refractivity contribution is 6.74. The molecule has 1 atom stereocenters. The van der Waals surface area contributed by atoms with Gasteiger partial charge in [-0.15, -0.1) is 0 Å². The van der Waals surface area contributed by atoms with Crippen LogP contribution in [0.5, 0.6) is 5.75 Å². The Morgan fingerprint density at radius 3 is 2.41 bits per heavy atom. The minimum Gasteiger partial charge on any atom is -0.542 e. The van der Waals surface area contributed by atoms with Gasteiger partial charge in [0.05, 0.1) is 11.9 Å². The molecule has 2 aromatic heterocycles. The maximum absolute atomic E-state index is 6.84. The van der Waals surface area contributed by atoms with Crippen LogP contribution in [0, 0.1) is 6.92 Å². The van der Waals surface area contributed by atoms with E-state index in [9.17, 15) is 0 Å². The predicted octanol–water partition coefficient (Wildman–Crippen LogP) is 6.48. The summed E-state index contributed by atoms with van der Waals surface area (Å²) in [6, 6.07) is 0. The van der Waals surface area contributed by atoms with Gasteiger partial charge in [-0.2, -0.15) is 5.10 Å². The minimum absolute atomic E-state index is 0.0102. The summed E-state index contributed by atoms with van der Waals surface area (Å²) in [5.74, 6) is 1.55. The molecule has 0 N–H and O–H groups in total. The van der Waals surface area contributed by atoms with Crippen LogP contribution >= 0.6 is 0 Å². The Hall–Kier alpha value is -1.40. The van der Waals surface area contributed by atoms with Crippen LogP contribution in [-0.4, -0.2) is 29.7 Å². The molecule has 3 heterocycles. The first-order valence-electron chi connectivity index (χ1n) is 11.4. The lowest BCUT2D eigenvalue weighted by molar-refractivity contribution is -0.0371. The van der Waals surface area contributed by atoms with Gasteiger partial charge in [-0.1, -0.05) is 33.6 Å². The van der Waals surface area contributed by atoms with E-state index in [1.54, 1.807) is 0 Å². The van der Waals surface area contributed by atoms with Gasteiger partial charge < -0.3 is 9.16 Å². The molecule has 2 aromatic rings. The molecule has 2 fully saturated rings. The molecular weight excluding hydrogens is 378 g/mol. The van der Waals surface area contributed by atoms with E-state index in [2.05, 4.69) is 40.8 Å². The first kappa shape index (κ1) is 20.9. The van der Waals surface area contributed by atoms with Gasteiger partial charge in [-0.25, -0.2) is 9.67 Å². The summed E-state index contributed by atoms with van der Waals surface area (Å²) in [7, 11) is -1.95. The van der Waals surface area contributed by atoms with E-state index in [-0.39, 0.29) is 11.3 Å². The summed E-state index contributed by atoms with van der Waals surface area (Å²) in [6.07, 6.45) is 10.4. The second kappa shape index (κ2) is 7.69. The van der Waals surface area contributed by atoms with Crippen LogP contribution in [0.25, 0.3) is 11.0 Å². The fourth-order valence-corrected chi connectivity index (χ4v) is 5.55. The standard InChI is InChI=1S/C23H37N3O2Si/c1-16-20-21(17-11-7-8-12-17)18(28-29(5,6)23(2,3)4)15-24-22(20)26(25-16)19-13-9-10-14-27-19/h15,17,19H,7-14H2,1-6H3. The lowest BCUT2D eigenvalue weighted by atomic mass is 9.94. The van der Waals surface area contributed by atoms with Gasteiger partial charge in [-0.3, -0.25) is 0 Å². The molecule has 2 aliphatic rings. The maximum atomic E-state index is 6.84. The normalized spacial score (nSPS) is 21.8. The zero-order valence-corrected chi connectivity index (χ0v) is 20.0. The van der Waals surface area contributed by atoms with Crippen molar-refractivity contribution in [1.82, 2.24) is 14.8 Å². The summed E-state index contributed by atoms with van der Waals surface area (Å²) in [5.41, 5.74) is 3.39. The molecule has 0 aromatic carbocycles. The van der Waals surface area contributed by atoms with Crippen LogP contribution in [-0.2, 0) is 4.74 Å². The molecule has 5 nitrogen and oxygen atoms in total. The molecule has 1 unspecified atom stereocenters. The van der Waals surface area contributed by atoms with Crippen molar-refractivity contribution in [2.75, 3.05) is 6.61 Å². The van der Waals surface area contributed by atoms with Crippen molar-refractivity contribution in [3.05, 3.63) is 17.5 Å². The van der Waals surface area contributed by atoms with Crippen LogP contribution in [0.4, 0.5) is 0 Å². The monoisotopic (exact) mass is 415 g/mol. The van der Waals surface area contributed by atoms with Gasteiger partial charge in [0.1, 0.15) is 5.75 Å². The van der Waals surface area contributed by atoms with Crippen LogP contribution in [0.2, 0.25) is 18.1 Å². The van der Waals surface area contributed by atoms with Gasteiger partial charge in [0.2, 0.25) is 0 Å². The Labute approximate surface area is 176 Å². The lowest BCUT2D eigenvalue weighted by Gasteiger charge is -2.37. The minimum atomic E-state index is -1.95. The number of aromatic nitrogens is 3. The van der Waals surface area contributed by atoms with Gasteiger partial charge in [-0.05, 0) is 63.1 Å². The number of aryl methyl sites for hydroxylation is 1. The van der Waals surface area contributed by atoms with Gasteiger partial charge in [0, 0.05) is 17.6 Å². The van der Waals surface area contributed by atoms with Crippen molar-refractivity contribution >= 4 is 19.4 Å². The smallest absolute Gasteiger partial charge is 0.250 e. The third-order valence-electron chi connectivity index (χ3n) is 7.26. The summed E-state index contributed by atoms with van der Waals surface area (Å²) in [5, 5.41) is 6.28. The van der Waals surface area contributed by atoms with E-state index in [1.165, 1.54) is 43.1 Å². The summed E-state index contributed by atoms with van der Waals surface area (Å²) in [6.45, 7) is 14.5. The average Bonchev–Trinajstić information content (AvgIpc) is 3.30. The van der Waals surface area contributed by atoms with Crippen molar-refractivity contribution in [2.45, 2.75) is 103 Å². The predicted molar refractivity (Wildman–Crippen MR) is 120 cm³/mol. The summed E-state index contributed by atoms with van der Waals surface area (Å²) >= 11 is 0. The zero-order chi connectivity index (χ0) is 20.8. The third-order valence-corrected chi connectivity index (χ3v) is 11.6. The van der Waals surface area contributed by atoms with E-state index in [0.717, 1.165) is 36.5 Å². The highest BCUT2D eigenvalue weighted by Gasteiger charge is 2.40. The topological polar surface area (TPSA) is 49.2 Å². The molecule has 0 radical (unpaired) electrons. The number of nitrogens with zero attached hydrogens (tertiary/aromatic N) is 3. The van der Waals surface area contributed by atoms with E-state index in [1.807, 2.05) is 10.9 Å². The highest BCUT2D eigenvalue weighted by atomic mass is 28.4. The fourth-order valence-electron chi connectivity index (χ4n) is 4.53. The van der Waals surface area contributed by atoms with Crippen LogP contribution < -0.4 is 4.43 Å². The molecule has 4 rings (SSSR count). The SMILES string of the molecule is Cc1nn(C2CCCCO2)c2ncc(O[Si](C)(C)C(C)(C)C)c(C3CCCC3)c12. The Morgan fingerprint density at radius 1 is 1.10 bits per heavy atom. The molecule has 29 heavy (non-hydrogen) atoms. The van der Waals surface area contributed by atoms with Crippen LogP contribution in [0.1, 0.15) is 89.1 Å². The molecule has 1 aliphatic carbocycles. The maximum Gasteiger partial charge on any atom is 0.250 e. The Kier molecular flexibility index (Phi) is 5.53. The van der Waals surface area contributed by atoms with Crippen LogP contribution in [0.3, 0.4) is 0 Å². The van der Waals surface area contributed by atoms with E-state index >= 15 is 0 Å². The van der Waals surface area contributed by atoms with Crippen molar-refractivity contribution in [3.63, 3.8) is 0 Å². The third kappa shape index (κ3) is 3.86. The Balaban J connectivity index is 1.84. The van der Waals surface area contributed by atoms with Crippen molar-refractivity contribution < 1.29 is 9.16 Å². The molecule has 6 heteroatoms. The average molecular weight is 416 g/mol. The number of ether oxygens (including phenoxy) is 1. The number of rotatable bonds is 4. The van der Waals surface area contributed by atoms with Gasteiger partial charge >= 0.3 is 0 Å². The molecule has 0 spiro atoms. The van der Waals surface area contributed by atoms with E-state index in [4.69, 9.17) is 19.2 Å². The zero-order valence-electron chi connectivity index (χ0n) is 19.0. The summed E-state index contributed by atoms with van der Waals surface area (Å²) in [4.78, 5) is 4.89. The first-order valence-corrected chi connectivity index (χ1v) is 14.3. The second-order valence-electron chi connectivity index (χ2n) is 10.4. The largest absolute Gasteiger partial charge is 0.542 e. The van der Waals surface area contributed by atoms with E-state index < -0.39 is 8.32 Å².